The Morgan fingerprint density at radius 1 is 1.45 bits per heavy atom. The number of carbonyl (C=O) groups is 2. The zero-order chi connectivity index (χ0) is 14.7. The number of carboxylic acids is 1. The number of ether oxygens (including phenoxy) is 1. The van der Waals surface area contributed by atoms with E-state index in [1.54, 1.807) is 23.1 Å². The molecule has 0 aromatic heterocycles. The van der Waals surface area contributed by atoms with Crippen LogP contribution in [0.3, 0.4) is 0 Å². The van der Waals surface area contributed by atoms with Crippen LogP contribution in [0.4, 0.5) is 0 Å². The van der Waals surface area contributed by atoms with Crippen molar-refractivity contribution in [2.75, 3.05) is 19.7 Å². The minimum Gasteiger partial charge on any atom is -0.483 e. The van der Waals surface area contributed by atoms with E-state index >= 15 is 0 Å². The summed E-state index contributed by atoms with van der Waals surface area (Å²) >= 11 is 9.11. The summed E-state index contributed by atoms with van der Waals surface area (Å²) in [5.41, 5.74) is 0. The fourth-order valence-electron chi connectivity index (χ4n) is 1.97. The molecule has 0 atom stereocenters. The maximum Gasteiger partial charge on any atom is 0.303 e. The molecule has 0 spiro atoms. The number of hydrogen-bond donors (Lipinski definition) is 1. The van der Waals surface area contributed by atoms with E-state index in [4.69, 9.17) is 21.4 Å². The average Bonchev–Trinajstić information content (AvgIpc) is 2.31. The number of halogens is 2. The number of rotatable bonds is 5. The van der Waals surface area contributed by atoms with Crippen molar-refractivity contribution in [2.24, 2.45) is 5.92 Å². The summed E-state index contributed by atoms with van der Waals surface area (Å²) in [4.78, 5) is 23.9. The average molecular weight is 363 g/mol. The molecule has 1 saturated heterocycles. The van der Waals surface area contributed by atoms with Gasteiger partial charge in [0.25, 0.3) is 5.91 Å². The second kappa shape index (κ2) is 6.45. The van der Waals surface area contributed by atoms with Crippen molar-refractivity contribution in [1.82, 2.24) is 4.90 Å². The van der Waals surface area contributed by atoms with Crippen LogP contribution < -0.4 is 4.74 Å². The van der Waals surface area contributed by atoms with Gasteiger partial charge in [-0.3, -0.25) is 9.59 Å². The summed E-state index contributed by atoms with van der Waals surface area (Å²) in [5, 5.41) is 9.21. The van der Waals surface area contributed by atoms with E-state index in [1.165, 1.54) is 0 Å². The first-order valence-corrected chi connectivity index (χ1v) is 7.20. The molecule has 1 amide bonds. The minimum absolute atomic E-state index is 0.0544. The van der Waals surface area contributed by atoms with Crippen molar-refractivity contribution in [3.05, 3.63) is 27.7 Å². The van der Waals surface area contributed by atoms with Gasteiger partial charge in [0.15, 0.2) is 6.61 Å². The molecule has 108 valence electrons. The van der Waals surface area contributed by atoms with Gasteiger partial charge >= 0.3 is 5.97 Å². The third-order valence-electron chi connectivity index (χ3n) is 3.02. The Labute approximate surface area is 129 Å². The molecule has 1 aromatic rings. The first-order valence-electron chi connectivity index (χ1n) is 6.03. The van der Waals surface area contributed by atoms with E-state index < -0.39 is 5.97 Å². The number of hydrogen-bond acceptors (Lipinski definition) is 3. The number of carbonyl (C=O) groups excluding carboxylic acids is 1. The second-order valence-electron chi connectivity index (χ2n) is 4.63. The van der Waals surface area contributed by atoms with Crippen LogP contribution in [0.5, 0.6) is 5.75 Å². The normalized spacial score (nSPS) is 14.8. The molecule has 1 aromatic carbocycles. The van der Waals surface area contributed by atoms with Gasteiger partial charge in [0, 0.05) is 24.0 Å². The van der Waals surface area contributed by atoms with Crippen molar-refractivity contribution in [3.8, 4) is 5.75 Å². The van der Waals surface area contributed by atoms with Crippen LogP contribution in [0.15, 0.2) is 22.7 Å². The number of nitrogens with zero attached hydrogens (tertiary/aromatic N) is 1. The largest absolute Gasteiger partial charge is 0.483 e. The van der Waals surface area contributed by atoms with Gasteiger partial charge in [-0.05, 0) is 34.1 Å². The van der Waals surface area contributed by atoms with E-state index in [2.05, 4.69) is 15.9 Å². The highest BCUT2D eigenvalue weighted by atomic mass is 79.9. The Kier molecular flexibility index (Phi) is 4.88. The van der Waals surface area contributed by atoms with Gasteiger partial charge in [-0.25, -0.2) is 0 Å². The van der Waals surface area contributed by atoms with Crippen molar-refractivity contribution in [1.29, 1.82) is 0 Å². The van der Waals surface area contributed by atoms with E-state index in [0.717, 1.165) is 0 Å². The standard InChI is InChI=1S/C13H13BrClNO4/c14-10-4-9(15)1-2-11(10)20-7-12(17)16-5-8(6-16)3-13(18)19/h1-2,4,8H,3,5-7H2,(H,18,19). The summed E-state index contributed by atoms with van der Waals surface area (Å²) in [5.74, 6) is -0.374. The quantitative estimate of drug-likeness (QED) is 0.873. The van der Waals surface area contributed by atoms with Crippen LogP contribution in [0.25, 0.3) is 0 Å². The smallest absolute Gasteiger partial charge is 0.303 e. The molecule has 0 saturated carbocycles. The lowest BCUT2D eigenvalue weighted by Gasteiger charge is -2.38. The third kappa shape index (κ3) is 3.86. The molecule has 0 aliphatic carbocycles. The van der Waals surface area contributed by atoms with Crippen molar-refractivity contribution in [3.63, 3.8) is 0 Å². The van der Waals surface area contributed by atoms with Crippen molar-refractivity contribution in [2.45, 2.75) is 6.42 Å². The van der Waals surface area contributed by atoms with E-state index in [-0.39, 0.29) is 24.9 Å². The zero-order valence-electron chi connectivity index (χ0n) is 10.5. The monoisotopic (exact) mass is 361 g/mol. The topological polar surface area (TPSA) is 66.8 Å². The molecule has 0 bridgehead atoms. The number of amides is 1. The van der Waals surface area contributed by atoms with Crippen LogP contribution >= 0.6 is 27.5 Å². The first kappa shape index (κ1) is 15.1. The van der Waals surface area contributed by atoms with Gasteiger partial charge in [0.05, 0.1) is 10.9 Å². The van der Waals surface area contributed by atoms with Crippen LogP contribution in [-0.4, -0.2) is 41.6 Å². The molecule has 7 heteroatoms. The number of likely N-dealkylation sites (tertiary alicyclic amines) is 1. The molecular weight excluding hydrogens is 350 g/mol. The Balaban J connectivity index is 1.78. The van der Waals surface area contributed by atoms with Crippen LogP contribution in [0, 0.1) is 5.92 Å². The highest BCUT2D eigenvalue weighted by Gasteiger charge is 2.32. The van der Waals surface area contributed by atoms with Crippen LogP contribution in [-0.2, 0) is 9.59 Å². The van der Waals surface area contributed by atoms with Crippen molar-refractivity contribution >= 4 is 39.4 Å². The van der Waals surface area contributed by atoms with Gasteiger partial charge < -0.3 is 14.7 Å². The fourth-order valence-corrected chi connectivity index (χ4v) is 2.77. The van der Waals surface area contributed by atoms with E-state index in [1.807, 2.05) is 0 Å². The molecule has 1 heterocycles. The molecule has 2 rings (SSSR count). The second-order valence-corrected chi connectivity index (χ2v) is 5.92. The minimum atomic E-state index is -0.830. The summed E-state index contributed by atoms with van der Waals surface area (Å²) in [6.45, 7) is 0.895. The van der Waals surface area contributed by atoms with Gasteiger partial charge in [-0.1, -0.05) is 11.6 Å². The summed E-state index contributed by atoms with van der Waals surface area (Å²) in [6, 6.07) is 5.05. The maximum absolute atomic E-state index is 11.8. The van der Waals surface area contributed by atoms with Crippen LogP contribution in [0.1, 0.15) is 6.42 Å². The van der Waals surface area contributed by atoms with Crippen LogP contribution in [0.2, 0.25) is 5.02 Å². The molecule has 1 aliphatic rings. The molecule has 0 unspecified atom stereocenters. The lowest BCUT2D eigenvalue weighted by atomic mass is 9.96. The molecule has 1 fully saturated rings. The Bertz CT molecular complexity index is 531. The zero-order valence-corrected chi connectivity index (χ0v) is 12.9. The highest BCUT2D eigenvalue weighted by Crippen LogP contribution is 2.28. The molecule has 20 heavy (non-hydrogen) atoms. The molecular formula is C13H13BrClNO4. The fraction of sp³-hybridized carbons (Fsp3) is 0.385. The molecule has 1 N–H and O–H groups in total. The summed E-state index contributed by atoms with van der Waals surface area (Å²) < 4.78 is 6.10. The number of aliphatic carboxylic acids is 1. The molecule has 5 nitrogen and oxygen atoms in total. The Morgan fingerprint density at radius 2 is 2.15 bits per heavy atom. The summed E-state index contributed by atoms with van der Waals surface area (Å²) in [7, 11) is 0. The van der Waals surface area contributed by atoms with E-state index in [9.17, 15) is 9.59 Å². The third-order valence-corrected chi connectivity index (χ3v) is 3.87. The van der Waals surface area contributed by atoms with Gasteiger partial charge in [0.1, 0.15) is 5.75 Å². The maximum atomic E-state index is 11.8. The highest BCUT2D eigenvalue weighted by molar-refractivity contribution is 9.10. The number of carboxylic acid groups (broad SMARTS) is 1. The SMILES string of the molecule is O=C(O)CC1CN(C(=O)COc2ccc(Cl)cc2Br)C1. The Hall–Kier alpha value is -1.27. The van der Waals surface area contributed by atoms with E-state index in [0.29, 0.717) is 28.3 Å². The lowest BCUT2D eigenvalue weighted by molar-refractivity contribution is -0.146. The predicted octanol–water partition coefficient (Wildman–Crippen LogP) is 2.41. The van der Waals surface area contributed by atoms with Gasteiger partial charge in [-0.2, -0.15) is 0 Å². The first-order chi connectivity index (χ1) is 9.45. The number of benzene rings is 1. The van der Waals surface area contributed by atoms with Gasteiger partial charge in [-0.15, -0.1) is 0 Å². The summed E-state index contributed by atoms with van der Waals surface area (Å²) in [6.07, 6.45) is 0.105. The predicted molar refractivity (Wildman–Crippen MR) is 77.0 cm³/mol. The van der Waals surface area contributed by atoms with Crippen molar-refractivity contribution < 1.29 is 19.4 Å². The van der Waals surface area contributed by atoms with Gasteiger partial charge in [0.2, 0.25) is 0 Å². The lowest BCUT2D eigenvalue weighted by Crippen LogP contribution is -2.52. The molecule has 0 radical (unpaired) electrons. The molecule has 1 aliphatic heterocycles. The Morgan fingerprint density at radius 3 is 2.75 bits per heavy atom.